The molecule has 3 heteroatoms. The van der Waals surface area contributed by atoms with Gasteiger partial charge in [0.05, 0.1) is 6.10 Å². The van der Waals surface area contributed by atoms with Crippen LogP contribution in [0.25, 0.3) is 0 Å². The molecule has 0 aliphatic rings. The van der Waals surface area contributed by atoms with E-state index in [-0.39, 0.29) is 5.78 Å². The highest BCUT2D eigenvalue weighted by atomic mass is 35.5. The molecule has 0 bridgehead atoms. The first-order valence-corrected chi connectivity index (χ1v) is 4.38. The summed E-state index contributed by atoms with van der Waals surface area (Å²) >= 11 is 5.74. The van der Waals surface area contributed by atoms with Gasteiger partial charge in [-0.2, -0.15) is 0 Å². The zero-order valence-corrected chi connectivity index (χ0v) is 8.30. The van der Waals surface area contributed by atoms with Crippen molar-refractivity contribution in [3.8, 4) is 0 Å². The average Bonchev–Trinajstić information content (AvgIpc) is 2.03. The molecule has 0 radical (unpaired) electrons. The number of aliphatic hydroxyl groups excluding tert-OH is 1. The first-order chi connectivity index (χ1) is 6.02. The fraction of sp³-hybridized carbons (Fsp3) is 0.300. The summed E-state index contributed by atoms with van der Waals surface area (Å²) in [5.74, 6) is -0.0624. The average molecular weight is 199 g/mol. The molecule has 1 unspecified atom stereocenters. The molecule has 0 amide bonds. The molecule has 0 spiro atoms. The van der Waals surface area contributed by atoms with Crippen molar-refractivity contribution < 1.29 is 9.90 Å². The highest BCUT2D eigenvalue weighted by molar-refractivity contribution is 6.30. The van der Waals surface area contributed by atoms with Crippen LogP contribution in [0.15, 0.2) is 18.2 Å². The summed E-state index contributed by atoms with van der Waals surface area (Å²) in [5.41, 5.74) is 1.11. The van der Waals surface area contributed by atoms with Crippen LogP contribution in [0, 0.1) is 0 Å². The molecular weight excluding hydrogens is 188 g/mol. The molecule has 1 atom stereocenters. The first kappa shape index (κ1) is 10.2. The van der Waals surface area contributed by atoms with Crippen LogP contribution in [-0.2, 0) is 0 Å². The molecule has 70 valence electrons. The smallest absolute Gasteiger partial charge is 0.160 e. The molecule has 0 aliphatic carbocycles. The van der Waals surface area contributed by atoms with Gasteiger partial charge in [0.25, 0.3) is 0 Å². The van der Waals surface area contributed by atoms with Crippen LogP contribution >= 0.6 is 11.6 Å². The van der Waals surface area contributed by atoms with Crippen molar-refractivity contribution in [3.63, 3.8) is 0 Å². The van der Waals surface area contributed by atoms with E-state index in [1.807, 2.05) is 0 Å². The van der Waals surface area contributed by atoms with Crippen molar-refractivity contribution >= 4 is 17.4 Å². The monoisotopic (exact) mass is 198 g/mol. The number of halogens is 1. The standard InChI is InChI=1S/C10H11ClO2/c1-6(12)9-4-3-8(11)5-10(9)7(2)13/h3-5,7,13H,1-2H3. The largest absolute Gasteiger partial charge is 0.389 e. The Hall–Kier alpha value is -0.860. The molecule has 1 aromatic carbocycles. The van der Waals surface area contributed by atoms with E-state index in [4.69, 9.17) is 11.6 Å². The Morgan fingerprint density at radius 3 is 2.62 bits per heavy atom. The molecule has 13 heavy (non-hydrogen) atoms. The first-order valence-electron chi connectivity index (χ1n) is 4.01. The fourth-order valence-corrected chi connectivity index (χ4v) is 1.38. The molecule has 2 nitrogen and oxygen atoms in total. The third-order valence-electron chi connectivity index (χ3n) is 1.84. The number of ketones is 1. The lowest BCUT2D eigenvalue weighted by molar-refractivity contribution is 0.101. The van der Waals surface area contributed by atoms with E-state index in [9.17, 15) is 9.90 Å². The summed E-state index contributed by atoms with van der Waals surface area (Å²) in [6, 6.07) is 4.89. The Morgan fingerprint density at radius 1 is 1.54 bits per heavy atom. The second-order valence-corrected chi connectivity index (χ2v) is 3.40. The molecular formula is C10H11ClO2. The van der Waals surface area contributed by atoms with Gasteiger partial charge < -0.3 is 5.11 Å². The van der Waals surface area contributed by atoms with Crippen LogP contribution < -0.4 is 0 Å². The van der Waals surface area contributed by atoms with Crippen LogP contribution in [0.1, 0.15) is 35.9 Å². The third kappa shape index (κ3) is 2.29. The van der Waals surface area contributed by atoms with Gasteiger partial charge in [0.1, 0.15) is 0 Å². The molecule has 0 saturated heterocycles. The second kappa shape index (κ2) is 3.90. The minimum absolute atomic E-state index is 0.0624. The van der Waals surface area contributed by atoms with E-state index >= 15 is 0 Å². The van der Waals surface area contributed by atoms with Crippen molar-refractivity contribution in [2.75, 3.05) is 0 Å². The van der Waals surface area contributed by atoms with Crippen molar-refractivity contribution in [2.24, 2.45) is 0 Å². The van der Waals surface area contributed by atoms with E-state index in [1.165, 1.54) is 6.92 Å². The third-order valence-corrected chi connectivity index (χ3v) is 2.08. The second-order valence-electron chi connectivity index (χ2n) is 2.96. The highest BCUT2D eigenvalue weighted by Crippen LogP contribution is 2.22. The maximum absolute atomic E-state index is 11.1. The zero-order valence-electron chi connectivity index (χ0n) is 7.54. The number of benzene rings is 1. The summed E-state index contributed by atoms with van der Waals surface area (Å²) in [7, 11) is 0. The number of aliphatic hydroxyl groups is 1. The van der Waals surface area contributed by atoms with Gasteiger partial charge in [-0.25, -0.2) is 0 Å². The fourth-order valence-electron chi connectivity index (χ4n) is 1.20. The molecule has 1 aromatic rings. The van der Waals surface area contributed by atoms with E-state index in [0.29, 0.717) is 16.1 Å². The van der Waals surface area contributed by atoms with E-state index in [1.54, 1.807) is 25.1 Å². The van der Waals surface area contributed by atoms with Gasteiger partial charge in [-0.3, -0.25) is 4.79 Å². The number of Topliss-reactive ketones (excluding diaryl/α,β-unsaturated/α-hetero) is 1. The number of rotatable bonds is 2. The molecule has 0 heterocycles. The van der Waals surface area contributed by atoms with E-state index < -0.39 is 6.10 Å². The van der Waals surface area contributed by atoms with Crippen molar-refractivity contribution in [2.45, 2.75) is 20.0 Å². The summed E-state index contributed by atoms with van der Waals surface area (Å²) in [6.45, 7) is 3.08. The van der Waals surface area contributed by atoms with E-state index in [2.05, 4.69) is 0 Å². The number of carbonyl (C=O) groups excluding carboxylic acids is 1. The number of carbonyl (C=O) groups is 1. The van der Waals surface area contributed by atoms with E-state index in [0.717, 1.165) is 0 Å². The van der Waals surface area contributed by atoms with Crippen LogP contribution in [-0.4, -0.2) is 10.9 Å². The van der Waals surface area contributed by atoms with Gasteiger partial charge >= 0.3 is 0 Å². The lowest BCUT2D eigenvalue weighted by Gasteiger charge is -2.09. The molecule has 0 aromatic heterocycles. The maximum atomic E-state index is 11.1. The Bertz CT molecular complexity index is 332. The van der Waals surface area contributed by atoms with Crippen molar-refractivity contribution in [3.05, 3.63) is 34.3 Å². The summed E-state index contributed by atoms with van der Waals surface area (Å²) in [5, 5.41) is 9.90. The summed E-state index contributed by atoms with van der Waals surface area (Å²) < 4.78 is 0. The van der Waals surface area contributed by atoms with Crippen LogP contribution in [0.3, 0.4) is 0 Å². The maximum Gasteiger partial charge on any atom is 0.160 e. The summed E-state index contributed by atoms with van der Waals surface area (Å²) in [6.07, 6.45) is -0.669. The predicted molar refractivity (Wildman–Crippen MR) is 52.1 cm³/mol. The Labute approximate surface area is 82.2 Å². The number of hydrogen-bond acceptors (Lipinski definition) is 2. The van der Waals surface area contributed by atoms with Crippen LogP contribution in [0.5, 0.6) is 0 Å². The zero-order chi connectivity index (χ0) is 10.0. The molecule has 1 rings (SSSR count). The Balaban J connectivity index is 3.26. The van der Waals surface area contributed by atoms with Crippen molar-refractivity contribution in [1.82, 2.24) is 0 Å². The lowest BCUT2D eigenvalue weighted by atomic mass is 10.0. The molecule has 1 N–H and O–H groups in total. The van der Waals surface area contributed by atoms with Crippen molar-refractivity contribution in [1.29, 1.82) is 0 Å². The van der Waals surface area contributed by atoms with Crippen LogP contribution in [0.4, 0.5) is 0 Å². The number of hydrogen-bond donors (Lipinski definition) is 1. The lowest BCUT2D eigenvalue weighted by Crippen LogP contribution is -2.02. The van der Waals surface area contributed by atoms with Gasteiger partial charge in [-0.15, -0.1) is 0 Å². The van der Waals surface area contributed by atoms with Gasteiger partial charge in [0.15, 0.2) is 5.78 Å². The Kier molecular flexibility index (Phi) is 3.07. The molecule has 0 fully saturated rings. The highest BCUT2D eigenvalue weighted by Gasteiger charge is 2.11. The van der Waals surface area contributed by atoms with Gasteiger partial charge in [-0.1, -0.05) is 11.6 Å². The molecule has 0 aliphatic heterocycles. The minimum Gasteiger partial charge on any atom is -0.389 e. The normalized spacial score (nSPS) is 12.6. The Morgan fingerprint density at radius 2 is 2.15 bits per heavy atom. The topological polar surface area (TPSA) is 37.3 Å². The molecule has 0 saturated carbocycles. The van der Waals surface area contributed by atoms with Gasteiger partial charge in [0.2, 0.25) is 0 Å². The van der Waals surface area contributed by atoms with Gasteiger partial charge in [-0.05, 0) is 37.6 Å². The quantitative estimate of drug-likeness (QED) is 0.742. The summed E-state index contributed by atoms with van der Waals surface area (Å²) in [4.78, 5) is 11.1. The van der Waals surface area contributed by atoms with Crippen LogP contribution in [0.2, 0.25) is 5.02 Å². The minimum atomic E-state index is -0.669. The predicted octanol–water partition coefficient (Wildman–Crippen LogP) is 2.60. The SMILES string of the molecule is CC(=O)c1ccc(Cl)cc1C(C)O. The van der Waals surface area contributed by atoms with Gasteiger partial charge in [0, 0.05) is 10.6 Å².